The first-order chi connectivity index (χ1) is 8.24. The van der Waals surface area contributed by atoms with Crippen molar-refractivity contribution in [2.24, 2.45) is 0 Å². The molecular formula is C12H15N3O2. The Labute approximate surface area is 98.1 Å². The van der Waals surface area contributed by atoms with Crippen molar-refractivity contribution in [1.29, 1.82) is 0 Å². The van der Waals surface area contributed by atoms with E-state index in [9.17, 15) is 9.90 Å². The fourth-order valence-electron chi connectivity index (χ4n) is 2.46. The van der Waals surface area contributed by atoms with Crippen LogP contribution in [0.25, 0.3) is 11.0 Å². The molecule has 1 aliphatic rings. The number of aromatic nitrogens is 2. The van der Waals surface area contributed by atoms with Crippen LogP contribution >= 0.6 is 0 Å². The van der Waals surface area contributed by atoms with Crippen LogP contribution in [0.1, 0.15) is 12.8 Å². The van der Waals surface area contributed by atoms with Crippen molar-refractivity contribution >= 4 is 11.0 Å². The van der Waals surface area contributed by atoms with Gasteiger partial charge in [-0.25, -0.2) is 4.79 Å². The van der Waals surface area contributed by atoms with E-state index in [0.717, 1.165) is 30.4 Å². The van der Waals surface area contributed by atoms with Gasteiger partial charge in [0.1, 0.15) is 5.75 Å². The summed E-state index contributed by atoms with van der Waals surface area (Å²) in [4.78, 5) is 14.6. The zero-order valence-corrected chi connectivity index (χ0v) is 9.44. The van der Waals surface area contributed by atoms with Gasteiger partial charge in [0.05, 0.1) is 11.0 Å². The SMILES string of the molecule is O=c1[nH]c2ccc(O)cc2n1CC1CCCN1. The molecule has 1 fully saturated rings. The smallest absolute Gasteiger partial charge is 0.326 e. The van der Waals surface area contributed by atoms with Gasteiger partial charge in [0.2, 0.25) is 0 Å². The third kappa shape index (κ3) is 1.82. The first kappa shape index (κ1) is 10.4. The van der Waals surface area contributed by atoms with Gasteiger partial charge in [-0.1, -0.05) is 0 Å². The Morgan fingerprint density at radius 2 is 2.35 bits per heavy atom. The molecular weight excluding hydrogens is 218 g/mol. The highest BCUT2D eigenvalue weighted by molar-refractivity contribution is 5.76. The maximum atomic E-state index is 11.8. The molecule has 3 N–H and O–H groups in total. The molecule has 2 heterocycles. The van der Waals surface area contributed by atoms with E-state index in [1.807, 2.05) is 0 Å². The second-order valence-electron chi connectivity index (χ2n) is 4.54. The molecule has 1 saturated heterocycles. The zero-order valence-electron chi connectivity index (χ0n) is 9.44. The highest BCUT2D eigenvalue weighted by Gasteiger charge is 2.17. The predicted octanol–water partition coefficient (Wildman–Crippen LogP) is 0.787. The number of H-pyrrole nitrogens is 1. The summed E-state index contributed by atoms with van der Waals surface area (Å²) in [5.41, 5.74) is 1.42. The molecule has 2 aromatic rings. The molecule has 0 bridgehead atoms. The lowest BCUT2D eigenvalue weighted by molar-refractivity contribution is 0.474. The largest absolute Gasteiger partial charge is 0.508 e. The molecule has 1 aromatic carbocycles. The highest BCUT2D eigenvalue weighted by Crippen LogP contribution is 2.18. The van der Waals surface area contributed by atoms with Crippen LogP contribution in [0.5, 0.6) is 5.75 Å². The minimum Gasteiger partial charge on any atom is -0.508 e. The Morgan fingerprint density at radius 1 is 1.47 bits per heavy atom. The number of aromatic amines is 1. The summed E-state index contributed by atoms with van der Waals surface area (Å²) in [6.45, 7) is 1.68. The van der Waals surface area contributed by atoms with Gasteiger partial charge in [-0.15, -0.1) is 0 Å². The summed E-state index contributed by atoms with van der Waals surface area (Å²) in [7, 11) is 0. The number of aromatic hydroxyl groups is 1. The average Bonchev–Trinajstić information content (AvgIpc) is 2.90. The fraction of sp³-hybridized carbons (Fsp3) is 0.417. The lowest BCUT2D eigenvalue weighted by Gasteiger charge is -2.10. The van der Waals surface area contributed by atoms with Gasteiger partial charge < -0.3 is 15.4 Å². The quantitative estimate of drug-likeness (QED) is 0.718. The topological polar surface area (TPSA) is 70.0 Å². The van der Waals surface area contributed by atoms with Gasteiger partial charge >= 0.3 is 5.69 Å². The summed E-state index contributed by atoms with van der Waals surface area (Å²) in [6.07, 6.45) is 2.25. The molecule has 90 valence electrons. The molecule has 0 amide bonds. The molecule has 0 spiro atoms. The van der Waals surface area contributed by atoms with E-state index in [1.54, 1.807) is 22.8 Å². The van der Waals surface area contributed by atoms with Crippen LogP contribution in [0.3, 0.4) is 0 Å². The number of rotatable bonds is 2. The van der Waals surface area contributed by atoms with Gasteiger partial charge in [0.25, 0.3) is 0 Å². The zero-order chi connectivity index (χ0) is 11.8. The predicted molar refractivity (Wildman–Crippen MR) is 65.2 cm³/mol. The first-order valence-corrected chi connectivity index (χ1v) is 5.89. The molecule has 0 radical (unpaired) electrons. The summed E-state index contributed by atoms with van der Waals surface area (Å²) in [5.74, 6) is 0.185. The second-order valence-corrected chi connectivity index (χ2v) is 4.54. The number of hydrogen-bond donors (Lipinski definition) is 3. The van der Waals surface area contributed by atoms with Crippen molar-refractivity contribution in [2.75, 3.05) is 6.54 Å². The number of imidazole rings is 1. The number of nitrogens with one attached hydrogen (secondary N) is 2. The Bertz CT molecular complexity index is 593. The normalized spacial score (nSPS) is 20.1. The summed E-state index contributed by atoms with van der Waals surface area (Å²) >= 11 is 0. The Kier molecular flexibility index (Phi) is 2.40. The molecule has 1 aromatic heterocycles. The van der Waals surface area contributed by atoms with Crippen molar-refractivity contribution in [3.8, 4) is 5.75 Å². The highest BCUT2D eigenvalue weighted by atomic mass is 16.3. The molecule has 17 heavy (non-hydrogen) atoms. The van der Waals surface area contributed by atoms with Gasteiger partial charge in [0, 0.05) is 18.7 Å². The molecule has 5 heteroatoms. The summed E-state index contributed by atoms with van der Waals surface area (Å²) in [5, 5.41) is 12.8. The van der Waals surface area contributed by atoms with Crippen LogP contribution in [0.2, 0.25) is 0 Å². The molecule has 1 atom stereocenters. The minimum atomic E-state index is -0.112. The van der Waals surface area contributed by atoms with Crippen LogP contribution in [0, 0.1) is 0 Å². The van der Waals surface area contributed by atoms with E-state index >= 15 is 0 Å². The maximum absolute atomic E-state index is 11.8. The van der Waals surface area contributed by atoms with Crippen molar-refractivity contribution in [3.63, 3.8) is 0 Å². The second kappa shape index (κ2) is 3.92. The molecule has 0 aliphatic carbocycles. The Balaban J connectivity index is 2.04. The van der Waals surface area contributed by atoms with Crippen LogP contribution in [-0.2, 0) is 6.54 Å². The lowest BCUT2D eigenvalue weighted by atomic mass is 10.2. The molecule has 0 saturated carbocycles. The van der Waals surface area contributed by atoms with E-state index in [-0.39, 0.29) is 11.4 Å². The number of nitrogens with zero attached hydrogens (tertiary/aromatic N) is 1. The Hall–Kier alpha value is -1.75. The van der Waals surface area contributed by atoms with Gasteiger partial charge in [-0.2, -0.15) is 0 Å². The number of phenols is 1. The van der Waals surface area contributed by atoms with Gasteiger partial charge in [-0.3, -0.25) is 4.57 Å². The van der Waals surface area contributed by atoms with Gasteiger partial charge in [-0.05, 0) is 31.5 Å². The van der Waals surface area contributed by atoms with Crippen molar-refractivity contribution < 1.29 is 5.11 Å². The van der Waals surface area contributed by atoms with Crippen LogP contribution < -0.4 is 11.0 Å². The standard InChI is InChI=1S/C12H15N3O2/c16-9-3-4-10-11(6-9)15(12(17)14-10)7-8-2-1-5-13-8/h3-4,6,8,13,16H,1-2,5,7H2,(H,14,17). The first-order valence-electron chi connectivity index (χ1n) is 5.89. The number of fused-ring (bicyclic) bond motifs is 1. The monoisotopic (exact) mass is 233 g/mol. The van der Waals surface area contributed by atoms with E-state index in [0.29, 0.717) is 12.6 Å². The van der Waals surface area contributed by atoms with Crippen LogP contribution in [-0.4, -0.2) is 27.2 Å². The van der Waals surface area contributed by atoms with E-state index in [2.05, 4.69) is 10.3 Å². The van der Waals surface area contributed by atoms with Crippen LogP contribution in [0.15, 0.2) is 23.0 Å². The third-order valence-electron chi connectivity index (χ3n) is 3.32. The van der Waals surface area contributed by atoms with Crippen molar-refractivity contribution in [3.05, 3.63) is 28.7 Å². The summed E-state index contributed by atoms with van der Waals surface area (Å²) < 4.78 is 1.69. The van der Waals surface area contributed by atoms with Crippen molar-refractivity contribution in [2.45, 2.75) is 25.4 Å². The molecule has 1 unspecified atom stereocenters. The molecule has 3 rings (SSSR count). The minimum absolute atomic E-state index is 0.112. The van der Waals surface area contributed by atoms with Crippen molar-refractivity contribution in [1.82, 2.24) is 14.9 Å². The summed E-state index contributed by atoms with van der Waals surface area (Å²) in [6, 6.07) is 5.29. The average molecular weight is 233 g/mol. The van der Waals surface area contributed by atoms with Crippen LogP contribution in [0.4, 0.5) is 0 Å². The van der Waals surface area contributed by atoms with E-state index in [1.165, 1.54) is 0 Å². The third-order valence-corrected chi connectivity index (χ3v) is 3.32. The molecule has 1 aliphatic heterocycles. The van der Waals surface area contributed by atoms with E-state index < -0.39 is 0 Å². The number of benzene rings is 1. The lowest BCUT2D eigenvalue weighted by Crippen LogP contribution is -2.31. The van der Waals surface area contributed by atoms with E-state index in [4.69, 9.17) is 0 Å². The van der Waals surface area contributed by atoms with Gasteiger partial charge in [0.15, 0.2) is 0 Å². The maximum Gasteiger partial charge on any atom is 0.326 e. The number of hydrogen-bond acceptors (Lipinski definition) is 3. The number of phenolic OH excluding ortho intramolecular Hbond substituents is 1. The fourth-order valence-corrected chi connectivity index (χ4v) is 2.46. The molecule has 5 nitrogen and oxygen atoms in total. The Morgan fingerprint density at radius 3 is 3.12 bits per heavy atom.